The van der Waals surface area contributed by atoms with E-state index < -0.39 is 0 Å². The molecule has 0 unspecified atom stereocenters. The number of fused-ring (bicyclic) bond motifs is 5. The summed E-state index contributed by atoms with van der Waals surface area (Å²) in [5.74, 6) is 3.11. The highest BCUT2D eigenvalue weighted by molar-refractivity contribution is 5.21. The molecule has 0 spiro atoms. The van der Waals surface area contributed by atoms with E-state index in [0.29, 0.717) is 39.1 Å². The first kappa shape index (κ1) is 24.2. The molecule has 2 aliphatic heterocycles. The first-order chi connectivity index (χ1) is 15.9. The van der Waals surface area contributed by atoms with Crippen molar-refractivity contribution in [2.75, 3.05) is 19.9 Å². The van der Waals surface area contributed by atoms with E-state index in [-0.39, 0.29) is 12.3 Å². The fourth-order valence-electron chi connectivity index (χ4n) is 12.3. The number of hydrogen-bond acceptors (Lipinski definition) is 3. The minimum atomic E-state index is 0.0794. The highest BCUT2D eigenvalue weighted by Crippen LogP contribution is 2.77. The molecule has 6 fully saturated rings. The second kappa shape index (κ2) is 7.25. The van der Waals surface area contributed by atoms with Gasteiger partial charge in [-0.2, -0.15) is 0 Å². The van der Waals surface area contributed by atoms with Crippen LogP contribution < -0.4 is 0 Å². The van der Waals surface area contributed by atoms with Gasteiger partial charge in [0.05, 0.1) is 19.4 Å². The first-order valence-corrected chi connectivity index (χ1v) is 14.8. The average Bonchev–Trinajstić information content (AvgIpc) is 3.05. The van der Waals surface area contributed by atoms with E-state index in [2.05, 4.69) is 53.4 Å². The summed E-state index contributed by atoms with van der Waals surface area (Å²) < 4.78 is 6.74. The molecule has 0 aromatic heterocycles. The highest BCUT2D eigenvalue weighted by atomic mass is 16.5. The van der Waals surface area contributed by atoms with Crippen molar-refractivity contribution in [3.05, 3.63) is 0 Å². The van der Waals surface area contributed by atoms with Crippen LogP contribution in [-0.4, -0.2) is 41.5 Å². The van der Waals surface area contributed by atoms with Crippen molar-refractivity contribution in [3.63, 3.8) is 0 Å². The van der Waals surface area contributed by atoms with Crippen molar-refractivity contribution in [2.45, 2.75) is 124 Å². The normalized spacial score (nSPS) is 55.9. The van der Waals surface area contributed by atoms with Gasteiger partial charge < -0.3 is 9.84 Å². The predicted molar refractivity (Wildman–Crippen MR) is 138 cm³/mol. The number of nitrogens with zero attached hydrogens (tertiary/aromatic N) is 1. The smallest absolute Gasteiger partial charge is 0.0960 e. The van der Waals surface area contributed by atoms with Crippen LogP contribution in [-0.2, 0) is 4.74 Å². The largest absolute Gasteiger partial charge is 0.381 e. The van der Waals surface area contributed by atoms with Crippen molar-refractivity contribution in [1.29, 1.82) is 0 Å². The van der Waals surface area contributed by atoms with Crippen LogP contribution >= 0.6 is 0 Å². The standard InChI is InChI=1S/C31H53NO2/c1-26(2)14-16-31-17-15-29(6)21(24(31)25(26)34-19-31)9-10-23-28(5)12-8-18-32(20-33)27(3,4)22(28)11-13-30(23,29)7/h21-25,33H,8-20H2,1-7H3/t21-,22+,23-,24+,25-,28+,29-,30-,31-/m1/s1. The Morgan fingerprint density at radius 1 is 0.794 bits per heavy atom. The molecular formula is C31H53NO2. The maximum Gasteiger partial charge on any atom is 0.0960 e. The Bertz CT molecular complexity index is 837. The third-order valence-electron chi connectivity index (χ3n) is 14.4. The molecule has 34 heavy (non-hydrogen) atoms. The number of aliphatic hydroxyl groups excluding tert-OH is 1. The van der Waals surface area contributed by atoms with E-state index in [1.54, 1.807) is 0 Å². The van der Waals surface area contributed by atoms with Crippen molar-refractivity contribution in [2.24, 2.45) is 50.7 Å². The van der Waals surface area contributed by atoms with Gasteiger partial charge in [0.1, 0.15) is 0 Å². The average molecular weight is 472 g/mol. The molecule has 0 aromatic rings. The molecule has 1 N–H and O–H groups in total. The fourth-order valence-corrected chi connectivity index (χ4v) is 12.3. The molecule has 2 heterocycles. The first-order valence-electron chi connectivity index (χ1n) is 14.8. The van der Waals surface area contributed by atoms with Gasteiger partial charge in [-0.3, -0.25) is 4.90 Å². The Morgan fingerprint density at radius 2 is 1.53 bits per heavy atom. The summed E-state index contributed by atoms with van der Waals surface area (Å²) in [5.41, 5.74) is 2.14. The molecule has 6 aliphatic rings. The van der Waals surface area contributed by atoms with E-state index in [4.69, 9.17) is 4.74 Å². The van der Waals surface area contributed by atoms with Gasteiger partial charge in [-0.05, 0) is 129 Å². The van der Waals surface area contributed by atoms with E-state index in [9.17, 15) is 5.11 Å². The second-order valence-electron chi connectivity index (χ2n) is 15.9. The van der Waals surface area contributed by atoms with Crippen LogP contribution in [0, 0.1) is 50.7 Å². The summed E-state index contributed by atoms with van der Waals surface area (Å²) in [6.45, 7) is 20.4. The van der Waals surface area contributed by atoms with Crippen LogP contribution in [0.25, 0.3) is 0 Å². The van der Waals surface area contributed by atoms with Crippen molar-refractivity contribution in [1.82, 2.24) is 4.90 Å². The summed E-state index contributed by atoms with van der Waals surface area (Å²) in [4.78, 5) is 2.39. The van der Waals surface area contributed by atoms with Crippen LogP contribution in [0.2, 0.25) is 0 Å². The van der Waals surface area contributed by atoms with Crippen LogP contribution in [0.3, 0.4) is 0 Å². The lowest BCUT2D eigenvalue weighted by atomic mass is 9.32. The van der Waals surface area contributed by atoms with Crippen LogP contribution in [0.5, 0.6) is 0 Å². The van der Waals surface area contributed by atoms with E-state index in [0.717, 1.165) is 30.9 Å². The summed E-state index contributed by atoms with van der Waals surface area (Å²) in [5, 5.41) is 10.2. The zero-order valence-electron chi connectivity index (χ0n) is 23.4. The molecule has 2 bridgehead atoms. The van der Waals surface area contributed by atoms with Gasteiger partial charge in [0.25, 0.3) is 0 Å². The SMILES string of the molecule is CC1(C)CC[C@]23CC[C@]4(C)[C@H](CC[C@@H]5[C@@]6(C)CCCN(CO)C(C)(C)[C@@H]6CC[C@]54C)[C@H]2[C@H]1OC3. The Kier molecular flexibility index (Phi) is 5.17. The maximum absolute atomic E-state index is 10.2. The predicted octanol–water partition coefficient (Wildman–Crippen LogP) is 6.88. The van der Waals surface area contributed by atoms with Gasteiger partial charge in [-0.1, -0.05) is 34.6 Å². The molecule has 2 saturated heterocycles. The van der Waals surface area contributed by atoms with Gasteiger partial charge in [-0.25, -0.2) is 0 Å². The van der Waals surface area contributed by atoms with Crippen LogP contribution in [0.15, 0.2) is 0 Å². The number of ether oxygens (including phenoxy) is 1. The lowest BCUT2D eigenvalue weighted by molar-refractivity contribution is -0.235. The third-order valence-corrected chi connectivity index (χ3v) is 14.4. The van der Waals surface area contributed by atoms with E-state index in [1.165, 1.54) is 64.2 Å². The minimum absolute atomic E-state index is 0.0794. The van der Waals surface area contributed by atoms with Crippen molar-refractivity contribution >= 4 is 0 Å². The molecular weight excluding hydrogens is 418 g/mol. The summed E-state index contributed by atoms with van der Waals surface area (Å²) in [7, 11) is 0. The zero-order valence-corrected chi connectivity index (χ0v) is 23.4. The maximum atomic E-state index is 10.2. The van der Waals surface area contributed by atoms with Crippen molar-refractivity contribution in [3.8, 4) is 0 Å². The molecule has 9 atom stereocenters. The lowest BCUT2D eigenvalue weighted by Crippen LogP contribution is -2.67. The molecule has 0 amide bonds. The number of likely N-dealkylation sites (tertiary alicyclic amines) is 1. The van der Waals surface area contributed by atoms with Crippen molar-refractivity contribution < 1.29 is 9.84 Å². The molecule has 194 valence electrons. The van der Waals surface area contributed by atoms with Gasteiger partial charge in [0, 0.05) is 12.1 Å². The summed E-state index contributed by atoms with van der Waals surface area (Å²) >= 11 is 0. The Labute approximate surface area is 209 Å². The number of aliphatic hydroxyl groups is 1. The van der Waals surface area contributed by atoms with Gasteiger partial charge >= 0.3 is 0 Å². The molecule has 3 nitrogen and oxygen atoms in total. The molecule has 0 radical (unpaired) electrons. The zero-order chi connectivity index (χ0) is 24.4. The lowest BCUT2D eigenvalue weighted by Gasteiger charge is -2.72. The molecule has 0 aromatic carbocycles. The van der Waals surface area contributed by atoms with E-state index >= 15 is 0 Å². The molecule has 3 heteroatoms. The molecule has 4 saturated carbocycles. The van der Waals surface area contributed by atoms with Crippen LogP contribution in [0.1, 0.15) is 113 Å². The Morgan fingerprint density at radius 3 is 2.26 bits per heavy atom. The highest BCUT2D eigenvalue weighted by Gasteiger charge is 2.72. The van der Waals surface area contributed by atoms with E-state index in [1.807, 2.05) is 0 Å². The molecule has 6 rings (SSSR count). The summed E-state index contributed by atoms with van der Waals surface area (Å²) in [6.07, 6.45) is 14.2. The second-order valence-corrected chi connectivity index (χ2v) is 15.9. The number of hydrogen-bond donors (Lipinski definition) is 1. The Hall–Kier alpha value is -0.120. The summed E-state index contributed by atoms with van der Waals surface area (Å²) in [6, 6.07) is 0. The van der Waals surface area contributed by atoms with Gasteiger partial charge in [-0.15, -0.1) is 0 Å². The van der Waals surface area contributed by atoms with Crippen LogP contribution in [0.4, 0.5) is 0 Å². The van der Waals surface area contributed by atoms with Gasteiger partial charge in [0.15, 0.2) is 0 Å². The van der Waals surface area contributed by atoms with Gasteiger partial charge in [0.2, 0.25) is 0 Å². The third kappa shape index (κ3) is 2.76. The number of rotatable bonds is 1. The molecule has 4 aliphatic carbocycles. The topological polar surface area (TPSA) is 32.7 Å². The minimum Gasteiger partial charge on any atom is -0.381 e. The Balaban J connectivity index is 1.39. The fraction of sp³-hybridized carbons (Fsp3) is 1.00. The monoisotopic (exact) mass is 471 g/mol. The quantitative estimate of drug-likeness (QED) is 0.452.